The monoisotopic (exact) mass is 427 g/mol. The lowest BCUT2D eigenvalue weighted by Gasteiger charge is -2.20. The van der Waals surface area contributed by atoms with Crippen LogP contribution in [0.3, 0.4) is 0 Å². The summed E-state index contributed by atoms with van der Waals surface area (Å²) in [5.74, 6) is 0.331. The van der Waals surface area contributed by atoms with Crippen molar-refractivity contribution < 1.29 is 17.9 Å². The zero-order chi connectivity index (χ0) is 20.1. The van der Waals surface area contributed by atoms with E-state index in [9.17, 15) is 13.2 Å². The summed E-state index contributed by atoms with van der Waals surface area (Å²) in [4.78, 5) is 12.4. The maximum Gasteiger partial charge on any atom is 0.255 e. The molecule has 9 heteroatoms. The zero-order valence-corrected chi connectivity index (χ0v) is 17.7. The van der Waals surface area contributed by atoms with Crippen LogP contribution in [0.2, 0.25) is 0 Å². The average Bonchev–Trinajstić information content (AvgIpc) is 2.59. The highest BCUT2D eigenvalue weighted by Crippen LogP contribution is 2.18. The molecule has 0 saturated heterocycles. The first-order valence-electron chi connectivity index (χ1n) is 8.49. The van der Waals surface area contributed by atoms with Crippen molar-refractivity contribution in [2.45, 2.75) is 31.2 Å². The van der Waals surface area contributed by atoms with Crippen LogP contribution >= 0.6 is 12.4 Å². The van der Waals surface area contributed by atoms with E-state index in [0.29, 0.717) is 30.2 Å². The summed E-state index contributed by atoms with van der Waals surface area (Å²) in [7, 11) is -3.64. The number of nitrogens with one attached hydrogen (secondary N) is 2. The molecule has 0 saturated carbocycles. The number of carbonyl (C=O) groups excluding carboxylic acids is 1. The summed E-state index contributed by atoms with van der Waals surface area (Å²) in [6, 6.07) is 12.7. The molecule has 0 aromatic heterocycles. The highest BCUT2D eigenvalue weighted by atomic mass is 35.5. The molecule has 0 spiro atoms. The molecule has 0 heterocycles. The number of anilines is 1. The smallest absolute Gasteiger partial charge is 0.255 e. The second kappa shape index (κ2) is 9.88. The molecule has 2 aromatic rings. The first-order valence-corrected chi connectivity index (χ1v) is 9.97. The molecule has 0 bridgehead atoms. The average molecular weight is 428 g/mol. The molecule has 0 aliphatic carbocycles. The Bertz CT molecular complexity index is 877. The number of nitrogens with two attached hydrogens (primary N) is 1. The van der Waals surface area contributed by atoms with Crippen LogP contribution in [-0.4, -0.2) is 33.0 Å². The van der Waals surface area contributed by atoms with Crippen LogP contribution in [0.15, 0.2) is 53.4 Å². The number of benzene rings is 2. The van der Waals surface area contributed by atoms with Gasteiger partial charge in [0.1, 0.15) is 12.4 Å². The van der Waals surface area contributed by atoms with Gasteiger partial charge in [-0.05, 0) is 69.3 Å². The Morgan fingerprint density at radius 1 is 1.04 bits per heavy atom. The Balaban J connectivity index is 0.00000392. The summed E-state index contributed by atoms with van der Waals surface area (Å²) in [5.41, 5.74) is 5.75. The molecule has 0 fully saturated rings. The minimum Gasteiger partial charge on any atom is -0.492 e. The Hall–Kier alpha value is -2.13. The van der Waals surface area contributed by atoms with Crippen LogP contribution in [0.5, 0.6) is 5.75 Å². The number of halogens is 1. The van der Waals surface area contributed by atoms with Gasteiger partial charge in [0.25, 0.3) is 5.91 Å². The van der Waals surface area contributed by atoms with Gasteiger partial charge in [-0.15, -0.1) is 12.4 Å². The third-order valence-electron chi connectivity index (χ3n) is 3.37. The minimum absolute atomic E-state index is 0. The molecular weight excluding hydrogens is 402 g/mol. The van der Waals surface area contributed by atoms with E-state index in [4.69, 9.17) is 10.5 Å². The van der Waals surface area contributed by atoms with Crippen LogP contribution in [0.4, 0.5) is 5.69 Å². The second-order valence-corrected chi connectivity index (χ2v) is 8.68. The lowest BCUT2D eigenvalue weighted by molar-refractivity contribution is 0.102. The first-order chi connectivity index (χ1) is 12.6. The molecule has 7 nitrogen and oxygen atoms in total. The molecule has 1 amide bonds. The largest absolute Gasteiger partial charge is 0.492 e. The Kier molecular flexibility index (Phi) is 8.44. The summed E-state index contributed by atoms with van der Waals surface area (Å²) in [6.45, 7) is 6.14. The van der Waals surface area contributed by atoms with Gasteiger partial charge in [0.15, 0.2) is 0 Å². The van der Waals surface area contributed by atoms with Gasteiger partial charge in [-0.2, -0.15) is 0 Å². The predicted octanol–water partition coefficient (Wildman–Crippen LogP) is 2.77. The highest BCUT2D eigenvalue weighted by Gasteiger charge is 2.22. The Morgan fingerprint density at radius 3 is 2.11 bits per heavy atom. The molecule has 4 N–H and O–H groups in total. The third kappa shape index (κ3) is 7.12. The number of rotatable bonds is 7. The topological polar surface area (TPSA) is 111 Å². The minimum atomic E-state index is -3.64. The third-order valence-corrected chi connectivity index (χ3v) is 5.14. The predicted molar refractivity (Wildman–Crippen MR) is 113 cm³/mol. The van der Waals surface area contributed by atoms with Gasteiger partial charge in [0, 0.05) is 23.3 Å². The summed E-state index contributed by atoms with van der Waals surface area (Å²) >= 11 is 0. The molecule has 0 unspecified atom stereocenters. The number of hydrogen-bond acceptors (Lipinski definition) is 5. The van der Waals surface area contributed by atoms with Gasteiger partial charge in [0.2, 0.25) is 10.0 Å². The standard InChI is InChI=1S/C19H25N3O4S.ClH/c1-19(2,3)22-27(24,25)17-10-4-14(5-11-17)18(23)21-15-6-8-16(9-7-15)26-13-12-20;/h4-11,22H,12-13,20H2,1-3H3,(H,21,23);1H. The van der Waals surface area contributed by atoms with Crippen LogP contribution in [0, 0.1) is 0 Å². The van der Waals surface area contributed by atoms with Gasteiger partial charge < -0.3 is 15.8 Å². The number of hydrogen-bond donors (Lipinski definition) is 3. The van der Waals surface area contributed by atoms with E-state index in [1.165, 1.54) is 24.3 Å². The van der Waals surface area contributed by atoms with Crippen molar-refractivity contribution in [3.63, 3.8) is 0 Å². The van der Waals surface area contributed by atoms with Gasteiger partial charge in [-0.1, -0.05) is 0 Å². The molecular formula is C19H26ClN3O4S. The van der Waals surface area contributed by atoms with Crippen LogP contribution in [-0.2, 0) is 10.0 Å². The van der Waals surface area contributed by atoms with Gasteiger partial charge in [-0.3, -0.25) is 4.79 Å². The fourth-order valence-electron chi connectivity index (χ4n) is 2.26. The van der Waals surface area contributed by atoms with Gasteiger partial charge in [0.05, 0.1) is 4.90 Å². The summed E-state index contributed by atoms with van der Waals surface area (Å²) in [5, 5.41) is 2.75. The maximum atomic E-state index is 12.3. The molecule has 0 radical (unpaired) electrons. The van der Waals surface area contributed by atoms with Crippen molar-refractivity contribution in [2.24, 2.45) is 5.73 Å². The molecule has 2 rings (SSSR count). The van der Waals surface area contributed by atoms with E-state index < -0.39 is 15.6 Å². The number of ether oxygens (including phenoxy) is 1. The number of sulfonamides is 1. The zero-order valence-electron chi connectivity index (χ0n) is 16.1. The molecule has 0 aliphatic heterocycles. The Labute approximate surface area is 172 Å². The lowest BCUT2D eigenvalue weighted by atomic mass is 10.1. The van der Waals surface area contributed by atoms with Crippen molar-refractivity contribution in [1.29, 1.82) is 0 Å². The Morgan fingerprint density at radius 2 is 1.61 bits per heavy atom. The molecule has 0 aliphatic rings. The van der Waals surface area contributed by atoms with E-state index in [2.05, 4.69) is 10.0 Å². The van der Waals surface area contributed by atoms with Crippen molar-refractivity contribution in [1.82, 2.24) is 4.72 Å². The van der Waals surface area contributed by atoms with E-state index in [-0.39, 0.29) is 23.2 Å². The molecule has 2 aromatic carbocycles. The highest BCUT2D eigenvalue weighted by molar-refractivity contribution is 7.89. The van der Waals surface area contributed by atoms with Crippen molar-refractivity contribution in [3.8, 4) is 5.75 Å². The fourth-order valence-corrected chi connectivity index (χ4v) is 3.68. The number of amides is 1. The fraction of sp³-hybridized carbons (Fsp3) is 0.316. The van der Waals surface area contributed by atoms with E-state index in [1.807, 2.05) is 0 Å². The van der Waals surface area contributed by atoms with Gasteiger partial charge in [-0.25, -0.2) is 13.1 Å². The molecule has 154 valence electrons. The van der Waals surface area contributed by atoms with E-state index >= 15 is 0 Å². The van der Waals surface area contributed by atoms with Crippen LogP contribution < -0.4 is 20.5 Å². The van der Waals surface area contributed by atoms with E-state index in [1.54, 1.807) is 45.0 Å². The lowest BCUT2D eigenvalue weighted by Crippen LogP contribution is -2.40. The second-order valence-electron chi connectivity index (χ2n) is 7.00. The normalized spacial score (nSPS) is 11.4. The van der Waals surface area contributed by atoms with Gasteiger partial charge >= 0.3 is 0 Å². The summed E-state index contributed by atoms with van der Waals surface area (Å²) < 4.78 is 32.5. The van der Waals surface area contributed by atoms with Crippen LogP contribution in [0.25, 0.3) is 0 Å². The van der Waals surface area contributed by atoms with Crippen LogP contribution in [0.1, 0.15) is 31.1 Å². The molecule has 28 heavy (non-hydrogen) atoms. The van der Waals surface area contributed by atoms with Crippen molar-refractivity contribution in [3.05, 3.63) is 54.1 Å². The van der Waals surface area contributed by atoms with E-state index in [0.717, 1.165) is 0 Å². The SMILES string of the molecule is CC(C)(C)NS(=O)(=O)c1ccc(C(=O)Nc2ccc(OCCN)cc2)cc1.Cl. The molecule has 0 atom stereocenters. The number of carbonyl (C=O) groups is 1. The summed E-state index contributed by atoms with van der Waals surface area (Å²) in [6.07, 6.45) is 0. The quantitative estimate of drug-likeness (QED) is 0.629. The maximum absolute atomic E-state index is 12.3. The van der Waals surface area contributed by atoms with Crippen molar-refractivity contribution in [2.75, 3.05) is 18.5 Å². The first kappa shape index (κ1) is 23.9. The van der Waals surface area contributed by atoms with Crippen molar-refractivity contribution >= 4 is 34.0 Å².